The molecule has 2 aromatic rings. The lowest BCUT2D eigenvalue weighted by molar-refractivity contribution is 0.0917. The molecule has 8 heteroatoms. The zero-order valence-corrected chi connectivity index (χ0v) is 13.3. The summed E-state index contributed by atoms with van der Waals surface area (Å²) in [4.78, 5) is 12.0. The number of hydrogen-bond acceptors (Lipinski definition) is 5. The van der Waals surface area contributed by atoms with Gasteiger partial charge in [0.05, 0.1) is 12.5 Å². The maximum atomic E-state index is 12.5. The summed E-state index contributed by atoms with van der Waals surface area (Å²) in [5.41, 5.74) is 0.811. The van der Waals surface area contributed by atoms with Gasteiger partial charge in [-0.25, -0.2) is 8.42 Å². The maximum Gasteiger partial charge on any atom is 0.287 e. The van der Waals surface area contributed by atoms with Crippen molar-refractivity contribution in [2.75, 3.05) is 13.1 Å². The molecule has 3 rings (SSSR count). The van der Waals surface area contributed by atoms with Gasteiger partial charge in [0.1, 0.15) is 0 Å². The van der Waals surface area contributed by atoms with Crippen LogP contribution in [0.15, 0.2) is 44.7 Å². The number of carbonyl (C=O) groups is 1. The third kappa shape index (κ3) is 3.48. The quantitative estimate of drug-likeness (QED) is 0.900. The highest BCUT2D eigenvalue weighted by atomic mass is 32.2. The number of carbonyl (C=O) groups excluding carboxylic acids is 1. The molecule has 124 valence electrons. The van der Waals surface area contributed by atoms with Gasteiger partial charge >= 0.3 is 0 Å². The van der Waals surface area contributed by atoms with Crippen LogP contribution in [-0.2, 0) is 16.6 Å². The van der Waals surface area contributed by atoms with Crippen LogP contribution in [0.25, 0.3) is 0 Å². The van der Waals surface area contributed by atoms with Crippen LogP contribution in [0.2, 0.25) is 0 Å². The van der Waals surface area contributed by atoms with E-state index in [4.69, 9.17) is 8.83 Å². The molecule has 7 nitrogen and oxygen atoms in total. The highest BCUT2D eigenvalue weighted by Gasteiger charge is 2.29. The van der Waals surface area contributed by atoms with E-state index in [1.165, 1.54) is 29.0 Å². The molecule has 0 saturated carbocycles. The minimum atomic E-state index is -3.66. The topological polar surface area (TPSA) is 92.8 Å². The summed E-state index contributed by atoms with van der Waals surface area (Å²) < 4.78 is 36.5. The van der Waals surface area contributed by atoms with Crippen molar-refractivity contribution in [2.45, 2.75) is 30.9 Å². The molecule has 1 N–H and O–H groups in total. The molecule has 1 fully saturated rings. The average Bonchev–Trinajstić information content (AvgIpc) is 3.25. The van der Waals surface area contributed by atoms with Crippen LogP contribution in [-0.4, -0.2) is 31.7 Å². The van der Waals surface area contributed by atoms with Crippen molar-refractivity contribution < 1.29 is 22.0 Å². The Morgan fingerprint density at radius 2 is 1.96 bits per heavy atom. The van der Waals surface area contributed by atoms with Gasteiger partial charge in [-0.05, 0) is 31.0 Å². The summed E-state index contributed by atoms with van der Waals surface area (Å²) in [6.07, 6.45) is 5.76. The molecule has 1 amide bonds. The smallest absolute Gasteiger partial charge is 0.287 e. The molecule has 0 atom stereocenters. The van der Waals surface area contributed by atoms with E-state index in [1.54, 1.807) is 6.07 Å². The molecular formula is C15H18N2O5S. The normalized spacial score (nSPS) is 16.3. The number of nitrogens with zero attached hydrogens (tertiary/aromatic N) is 1. The van der Waals surface area contributed by atoms with Crippen molar-refractivity contribution in [3.8, 4) is 0 Å². The molecule has 1 aliphatic rings. The Morgan fingerprint density at radius 3 is 2.65 bits per heavy atom. The van der Waals surface area contributed by atoms with Gasteiger partial charge in [0, 0.05) is 25.2 Å². The first kappa shape index (κ1) is 15.8. The van der Waals surface area contributed by atoms with Gasteiger partial charge in [-0.3, -0.25) is 4.79 Å². The Kier molecular flexibility index (Phi) is 4.53. The van der Waals surface area contributed by atoms with Gasteiger partial charge in [0.25, 0.3) is 15.9 Å². The Morgan fingerprint density at radius 1 is 1.17 bits per heavy atom. The molecule has 0 aliphatic carbocycles. The summed E-state index contributed by atoms with van der Waals surface area (Å²) in [7, 11) is -3.66. The molecule has 0 aromatic carbocycles. The van der Waals surface area contributed by atoms with Crippen LogP contribution in [0.1, 0.15) is 35.4 Å². The Hall–Kier alpha value is -2.06. The van der Waals surface area contributed by atoms with Crippen LogP contribution < -0.4 is 5.32 Å². The van der Waals surface area contributed by atoms with Crippen molar-refractivity contribution in [1.82, 2.24) is 9.62 Å². The average molecular weight is 338 g/mol. The monoisotopic (exact) mass is 338 g/mol. The van der Waals surface area contributed by atoms with Gasteiger partial charge in [0.15, 0.2) is 5.76 Å². The lowest BCUT2D eigenvalue weighted by Gasteiger charge is -2.24. The minimum absolute atomic E-state index is 0.0240. The Bertz CT molecular complexity index is 758. The first-order valence-corrected chi connectivity index (χ1v) is 8.90. The van der Waals surface area contributed by atoms with Crippen molar-refractivity contribution in [3.63, 3.8) is 0 Å². The molecule has 0 spiro atoms. The second-order valence-corrected chi connectivity index (χ2v) is 7.27. The second kappa shape index (κ2) is 6.59. The number of piperidine rings is 1. The standard InChI is InChI=1S/C15H18N2O5S/c18-15(16-10-12-6-9-21-11-12)13-4-5-14(22-13)23(19,20)17-7-2-1-3-8-17/h4-6,9,11H,1-3,7-8,10H2,(H,16,18). The van der Waals surface area contributed by atoms with Crippen molar-refractivity contribution in [2.24, 2.45) is 0 Å². The number of furan rings is 2. The van der Waals surface area contributed by atoms with Gasteiger partial charge in [-0.2, -0.15) is 4.31 Å². The van der Waals surface area contributed by atoms with Crippen molar-refractivity contribution in [3.05, 3.63) is 42.0 Å². The maximum absolute atomic E-state index is 12.5. The zero-order valence-electron chi connectivity index (χ0n) is 12.5. The first-order chi connectivity index (χ1) is 11.1. The zero-order chi connectivity index (χ0) is 16.3. The Balaban J connectivity index is 1.68. The third-order valence-corrected chi connectivity index (χ3v) is 5.52. The first-order valence-electron chi connectivity index (χ1n) is 7.46. The summed E-state index contributed by atoms with van der Waals surface area (Å²) in [5, 5.41) is 2.46. The van der Waals surface area contributed by atoms with Crippen molar-refractivity contribution >= 4 is 15.9 Å². The van der Waals surface area contributed by atoms with Gasteiger partial charge in [0.2, 0.25) is 5.09 Å². The number of amides is 1. The summed E-state index contributed by atoms with van der Waals surface area (Å²) >= 11 is 0. The summed E-state index contributed by atoms with van der Waals surface area (Å²) in [6, 6.07) is 4.44. The van der Waals surface area contributed by atoms with Gasteiger partial charge in [-0.1, -0.05) is 6.42 Å². The molecular weight excluding hydrogens is 320 g/mol. The van der Waals surface area contributed by atoms with Crippen LogP contribution in [0.5, 0.6) is 0 Å². The molecule has 1 aliphatic heterocycles. The fourth-order valence-corrected chi connectivity index (χ4v) is 3.90. The summed E-state index contributed by atoms with van der Waals surface area (Å²) in [6.45, 7) is 1.26. The number of sulfonamides is 1. The predicted octanol–water partition coefficient (Wildman–Crippen LogP) is 1.98. The van der Waals surface area contributed by atoms with E-state index in [0.717, 1.165) is 24.8 Å². The molecule has 2 aromatic heterocycles. The molecule has 3 heterocycles. The van der Waals surface area contributed by atoms with E-state index in [1.807, 2.05) is 0 Å². The molecule has 0 radical (unpaired) electrons. The highest BCUT2D eigenvalue weighted by molar-refractivity contribution is 7.89. The van der Waals surface area contributed by atoms with E-state index in [0.29, 0.717) is 13.1 Å². The van der Waals surface area contributed by atoms with E-state index >= 15 is 0 Å². The number of rotatable bonds is 5. The van der Waals surface area contributed by atoms with E-state index in [-0.39, 0.29) is 17.4 Å². The molecule has 0 bridgehead atoms. The van der Waals surface area contributed by atoms with Crippen LogP contribution in [0.4, 0.5) is 0 Å². The highest BCUT2D eigenvalue weighted by Crippen LogP contribution is 2.22. The predicted molar refractivity (Wildman–Crippen MR) is 81.2 cm³/mol. The van der Waals surface area contributed by atoms with E-state index in [9.17, 15) is 13.2 Å². The minimum Gasteiger partial charge on any atom is -0.472 e. The molecule has 1 saturated heterocycles. The molecule has 23 heavy (non-hydrogen) atoms. The van der Waals surface area contributed by atoms with Gasteiger partial charge in [-0.15, -0.1) is 0 Å². The fraction of sp³-hybridized carbons (Fsp3) is 0.400. The second-order valence-electron chi connectivity index (χ2n) is 5.40. The van der Waals surface area contributed by atoms with E-state index in [2.05, 4.69) is 5.32 Å². The third-order valence-electron chi connectivity index (χ3n) is 3.75. The lowest BCUT2D eigenvalue weighted by atomic mass is 10.2. The number of nitrogens with one attached hydrogen (secondary N) is 1. The lowest BCUT2D eigenvalue weighted by Crippen LogP contribution is -2.35. The molecule has 0 unspecified atom stereocenters. The fourth-order valence-electron chi connectivity index (χ4n) is 2.48. The van der Waals surface area contributed by atoms with Crippen LogP contribution >= 0.6 is 0 Å². The van der Waals surface area contributed by atoms with Crippen LogP contribution in [0, 0.1) is 0 Å². The Labute approximate surface area is 134 Å². The van der Waals surface area contributed by atoms with Gasteiger partial charge < -0.3 is 14.2 Å². The van der Waals surface area contributed by atoms with E-state index < -0.39 is 15.9 Å². The summed E-state index contributed by atoms with van der Waals surface area (Å²) in [5.74, 6) is -0.490. The SMILES string of the molecule is O=C(NCc1ccoc1)c1ccc(S(=O)(=O)N2CCCCC2)o1. The van der Waals surface area contributed by atoms with Crippen molar-refractivity contribution in [1.29, 1.82) is 0 Å². The largest absolute Gasteiger partial charge is 0.472 e. The number of hydrogen-bond donors (Lipinski definition) is 1. The van der Waals surface area contributed by atoms with Crippen LogP contribution in [0.3, 0.4) is 0 Å².